The normalized spacial score (nSPS) is 11.9. The summed E-state index contributed by atoms with van der Waals surface area (Å²) in [5.41, 5.74) is 0. The van der Waals surface area contributed by atoms with Crippen LogP contribution in [-0.2, 0) is 0 Å². The molecule has 6 heteroatoms. The maximum absolute atomic E-state index is 13.7. The molecule has 4 nitrogen and oxygen atoms in total. The minimum atomic E-state index is 0. The number of benzene rings is 9. The fourth-order valence-corrected chi connectivity index (χ4v) is 7.27. The molecule has 9 aromatic carbocycles. The summed E-state index contributed by atoms with van der Waals surface area (Å²) in [7, 11) is 3.36. The monoisotopic (exact) mass is 562 g/mol. The zero-order valence-electron chi connectivity index (χ0n) is 23.7. The number of rotatable bonds is 2. The largest absolute Gasteiger partial charge is 1.00 e. The molecule has 0 aliphatic rings. The van der Waals surface area contributed by atoms with Gasteiger partial charge in [0, 0.05) is 21.5 Å². The first kappa shape index (κ1) is 27.6. The van der Waals surface area contributed by atoms with Crippen molar-refractivity contribution in [3.63, 3.8) is 0 Å². The van der Waals surface area contributed by atoms with E-state index in [1.54, 1.807) is 14.2 Å². The number of fused-ring (bicyclic) bond motifs is 6. The van der Waals surface area contributed by atoms with Crippen LogP contribution in [0, 0.1) is 0 Å². The van der Waals surface area contributed by atoms with E-state index in [1.807, 2.05) is 72.8 Å². The fraction of sp³-hybridized carbons (Fsp3) is 0.0556. The smallest absolute Gasteiger partial charge is 0.872 e. The van der Waals surface area contributed by atoms with Crippen molar-refractivity contribution < 1.29 is 78.8 Å². The molecule has 0 radical (unpaired) electrons. The summed E-state index contributed by atoms with van der Waals surface area (Å²) in [5.74, 6) is 1.46. The minimum absolute atomic E-state index is 0. The summed E-state index contributed by atoms with van der Waals surface area (Å²) in [5, 5.41) is 41.7. The third-order valence-corrected chi connectivity index (χ3v) is 8.89. The van der Waals surface area contributed by atoms with Gasteiger partial charge in [-0.15, -0.1) is 0 Å². The third kappa shape index (κ3) is 3.23. The van der Waals surface area contributed by atoms with Crippen LogP contribution in [0.25, 0.3) is 86.2 Å². The summed E-state index contributed by atoms with van der Waals surface area (Å²) in [6, 6.07) is 27.6. The number of hydrogen-bond donors (Lipinski definition) is 0. The van der Waals surface area contributed by atoms with Crippen LogP contribution in [0.1, 0.15) is 0 Å². The van der Waals surface area contributed by atoms with Crippen molar-refractivity contribution in [2.24, 2.45) is 0 Å². The van der Waals surface area contributed by atoms with Gasteiger partial charge in [-0.2, -0.15) is 0 Å². The molecule has 0 saturated carbocycles. The van der Waals surface area contributed by atoms with Gasteiger partial charge in [0.25, 0.3) is 0 Å². The van der Waals surface area contributed by atoms with Crippen LogP contribution in [-0.4, -0.2) is 14.2 Å². The summed E-state index contributed by atoms with van der Waals surface area (Å²) >= 11 is 0. The number of methoxy groups -OCH3 is 2. The van der Waals surface area contributed by atoms with Crippen LogP contribution in [0.15, 0.2) is 84.9 Å². The van der Waals surface area contributed by atoms with Gasteiger partial charge in [0.05, 0.1) is 14.2 Å². The predicted octanol–water partition coefficient (Wildman–Crippen LogP) is 1.96. The molecule has 42 heavy (non-hydrogen) atoms. The van der Waals surface area contributed by atoms with Gasteiger partial charge in [0.15, 0.2) is 0 Å². The van der Waals surface area contributed by atoms with Gasteiger partial charge >= 0.3 is 59.1 Å². The first-order valence-corrected chi connectivity index (χ1v) is 13.3. The van der Waals surface area contributed by atoms with Crippen LogP contribution in [0.5, 0.6) is 23.0 Å². The maximum atomic E-state index is 13.7. The van der Waals surface area contributed by atoms with Gasteiger partial charge in [-0.05, 0) is 76.8 Å². The molecule has 0 heterocycles. The van der Waals surface area contributed by atoms with Crippen molar-refractivity contribution in [2.75, 3.05) is 14.2 Å². The Bertz CT molecular complexity index is 2360. The van der Waals surface area contributed by atoms with Gasteiger partial charge in [0.2, 0.25) is 0 Å². The van der Waals surface area contributed by atoms with E-state index >= 15 is 0 Å². The van der Waals surface area contributed by atoms with E-state index in [4.69, 9.17) is 9.47 Å². The quantitative estimate of drug-likeness (QED) is 0.184. The first-order valence-electron chi connectivity index (χ1n) is 13.3. The molecule has 0 aliphatic carbocycles. The van der Waals surface area contributed by atoms with E-state index in [0.717, 1.165) is 64.6 Å². The van der Waals surface area contributed by atoms with Crippen LogP contribution in [0.3, 0.4) is 0 Å². The molecule has 0 fully saturated rings. The summed E-state index contributed by atoms with van der Waals surface area (Å²) in [4.78, 5) is 0. The maximum Gasteiger partial charge on any atom is 1.00 e. The summed E-state index contributed by atoms with van der Waals surface area (Å²) < 4.78 is 12.2. The SMILES string of the molecule is COc1cc2c3ccccc3c([O-])c3ccc4c5ccc6c([O-])c7ccccc7c7cc(OC)c(c1c4c32)c5c67.[Na+].[Na+]. The third-order valence-electron chi connectivity index (χ3n) is 8.89. The topological polar surface area (TPSA) is 64.6 Å². The average Bonchev–Trinajstić information content (AvgIpc) is 3.01. The second kappa shape index (κ2) is 9.65. The van der Waals surface area contributed by atoms with Crippen molar-refractivity contribution >= 4 is 86.2 Å². The van der Waals surface area contributed by atoms with E-state index in [1.165, 1.54) is 0 Å². The molecule has 0 aliphatic heterocycles. The second-order valence-electron chi connectivity index (χ2n) is 10.6. The van der Waals surface area contributed by atoms with Crippen molar-refractivity contribution in [3.05, 3.63) is 84.9 Å². The van der Waals surface area contributed by atoms with E-state index < -0.39 is 0 Å². The molecular weight excluding hydrogens is 542 g/mol. The van der Waals surface area contributed by atoms with Gasteiger partial charge in [-0.3, -0.25) is 0 Å². The predicted molar refractivity (Wildman–Crippen MR) is 161 cm³/mol. The van der Waals surface area contributed by atoms with Crippen molar-refractivity contribution in [2.45, 2.75) is 0 Å². The molecule has 9 aromatic rings. The van der Waals surface area contributed by atoms with Gasteiger partial charge < -0.3 is 19.7 Å². The van der Waals surface area contributed by atoms with Gasteiger partial charge in [0.1, 0.15) is 11.5 Å². The summed E-state index contributed by atoms with van der Waals surface area (Å²) in [6.45, 7) is 0. The summed E-state index contributed by atoms with van der Waals surface area (Å²) in [6.07, 6.45) is 0. The van der Waals surface area contributed by atoms with Crippen LogP contribution in [0.2, 0.25) is 0 Å². The van der Waals surface area contributed by atoms with Gasteiger partial charge in [-0.1, -0.05) is 84.3 Å². The number of hydrogen-bond acceptors (Lipinski definition) is 4. The van der Waals surface area contributed by atoms with E-state index in [9.17, 15) is 10.2 Å². The molecule has 0 bridgehead atoms. The van der Waals surface area contributed by atoms with E-state index in [2.05, 4.69) is 12.1 Å². The first-order chi connectivity index (χ1) is 19.6. The van der Waals surface area contributed by atoms with Gasteiger partial charge in [-0.25, -0.2) is 0 Å². The Morgan fingerprint density at radius 2 is 0.738 bits per heavy atom. The van der Waals surface area contributed by atoms with E-state index in [0.29, 0.717) is 33.0 Å². The Morgan fingerprint density at radius 3 is 1.12 bits per heavy atom. The molecule has 0 amide bonds. The molecular formula is C36H20Na2O4. The average molecular weight is 563 g/mol. The molecule has 9 rings (SSSR count). The zero-order chi connectivity index (χ0) is 26.9. The molecule has 0 unspecified atom stereocenters. The van der Waals surface area contributed by atoms with Crippen molar-refractivity contribution in [1.29, 1.82) is 0 Å². The van der Waals surface area contributed by atoms with Crippen LogP contribution < -0.4 is 78.8 Å². The Hall–Kier alpha value is -3.22. The molecule has 0 saturated heterocycles. The van der Waals surface area contributed by atoms with Crippen LogP contribution in [0.4, 0.5) is 0 Å². The zero-order valence-corrected chi connectivity index (χ0v) is 27.7. The van der Waals surface area contributed by atoms with E-state index in [-0.39, 0.29) is 70.6 Å². The molecule has 0 N–H and O–H groups in total. The van der Waals surface area contributed by atoms with Crippen molar-refractivity contribution in [3.8, 4) is 23.0 Å². The molecule has 190 valence electrons. The molecule has 0 atom stereocenters. The van der Waals surface area contributed by atoms with Crippen LogP contribution >= 0.6 is 0 Å². The molecule has 0 spiro atoms. The fourth-order valence-electron chi connectivity index (χ4n) is 7.27. The molecule has 0 aromatic heterocycles. The Kier molecular flexibility index (Phi) is 6.34. The Labute approximate surface area is 284 Å². The Balaban J connectivity index is 0.00000144. The standard InChI is InChI=1S/C36H22O4.2Na/c1-39-27-15-25-17-7-3-5-9-21(17)35(37)23-13-11-19-20-12-14-24-30-26(18-8-4-6-10-22(18)36(24)38)16-28(40-2)34(32(20)30)33(27)31(19)29(23)25;;/h3-16,37-38H,1-2H3;;/q;2*+1/p-2. The minimum Gasteiger partial charge on any atom is -0.872 e. The number of ether oxygens (including phenoxy) is 2. The van der Waals surface area contributed by atoms with Crippen molar-refractivity contribution in [1.82, 2.24) is 0 Å². The Morgan fingerprint density at radius 1 is 0.381 bits per heavy atom. The second-order valence-corrected chi connectivity index (χ2v) is 10.6.